The third-order valence-electron chi connectivity index (χ3n) is 6.13. The van der Waals surface area contributed by atoms with E-state index < -0.39 is 11.9 Å². The van der Waals surface area contributed by atoms with Crippen molar-refractivity contribution in [2.24, 2.45) is 0 Å². The van der Waals surface area contributed by atoms with Gasteiger partial charge in [-0.3, -0.25) is 4.79 Å². The number of aliphatic carboxylic acids is 1. The zero-order valence-electron chi connectivity index (χ0n) is 19.0. The monoisotopic (exact) mass is 451 g/mol. The van der Waals surface area contributed by atoms with Crippen LogP contribution in [-0.4, -0.2) is 33.0 Å². The van der Waals surface area contributed by atoms with Crippen molar-refractivity contribution < 1.29 is 14.6 Å². The first-order chi connectivity index (χ1) is 16.5. The average molecular weight is 452 g/mol. The number of methoxy groups -OCH3 is 1. The fourth-order valence-electron chi connectivity index (χ4n) is 4.30. The molecule has 170 valence electrons. The zero-order valence-corrected chi connectivity index (χ0v) is 19.0. The van der Waals surface area contributed by atoms with E-state index in [0.717, 1.165) is 39.2 Å². The summed E-state index contributed by atoms with van der Waals surface area (Å²) in [5.41, 5.74) is 6.37. The molecule has 34 heavy (non-hydrogen) atoms. The van der Waals surface area contributed by atoms with Crippen LogP contribution in [0, 0.1) is 6.92 Å². The number of carboxylic acid groups (broad SMARTS) is 1. The molecule has 0 saturated carbocycles. The molecule has 0 aliphatic rings. The van der Waals surface area contributed by atoms with E-state index in [1.165, 1.54) is 5.56 Å². The molecule has 2 heterocycles. The highest BCUT2D eigenvalue weighted by Gasteiger charge is 2.25. The van der Waals surface area contributed by atoms with Gasteiger partial charge in [0.15, 0.2) is 0 Å². The van der Waals surface area contributed by atoms with Crippen LogP contribution < -0.4 is 4.74 Å². The summed E-state index contributed by atoms with van der Waals surface area (Å²) in [4.78, 5) is 15.5. The number of fused-ring (bicyclic) bond motifs is 1. The SMILES string of the molecule is COc1ccc(-n2nc(CC(C(=O)O)c3c[nH]c4ccccc34)cc2-c2ccc(C)cc2)cc1. The second-order valence-corrected chi connectivity index (χ2v) is 8.38. The number of H-pyrrole nitrogens is 1. The van der Waals surface area contributed by atoms with Crippen molar-refractivity contribution in [1.82, 2.24) is 14.8 Å². The van der Waals surface area contributed by atoms with Gasteiger partial charge in [0.05, 0.1) is 30.1 Å². The topological polar surface area (TPSA) is 80.1 Å². The van der Waals surface area contributed by atoms with Crippen LogP contribution in [0.15, 0.2) is 85.1 Å². The Bertz CT molecular complexity index is 1450. The van der Waals surface area contributed by atoms with Crippen LogP contribution in [0.25, 0.3) is 27.8 Å². The van der Waals surface area contributed by atoms with Gasteiger partial charge in [-0.1, -0.05) is 48.0 Å². The number of carboxylic acids is 1. The maximum atomic E-state index is 12.3. The van der Waals surface area contributed by atoms with Crippen LogP contribution in [0.4, 0.5) is 0 Å². The van der Waals surface area contributed by atoms with E-state index in [0.29, 0.717) is 5.69 Å². The Kier molecular flexibility index (Phi) is 5.64. The van der Waals surface area contributed by atoms with Crippen molar-refractivity contribution in [1.29, 1.82) is 0 Å². The molecule has 0 amide bonds. The molecule has 5 aromatic rings. The summed E-state index contributed by atoms with van der Waals surface area (Å²) < 4.78 is 7.16. The molecule has 0 aliphatic carbocycles. The molecule has 2 N–H and O–H groups in total. The second kappa shape index (κ2) is 8.90. The van der Waals surface area contributed by atoms with E-state index in [-0.39, 0.29) is 6.42 Å². The van der Waals surface area contributed by atoms with Crippen LogP contribution >= 0.6 is 0 Å². The lowest BCUT2D eigenvalue weighted by Gasteiger charge is -2.10. The van der Waals surface area contributed by atoms with Gasteiger partial charge in [0.1, 0.15) is 5.75 Å². The predicted octanol–water partition coefficient (Wildman–Crippen LogP) is 5.75. The first-order valence-corrected chi connectivity index (χ1v) is 11.1. The van der Waals surface area contributed by atoms with E-state index in [4.69, 9.17) is 9.84 Å². The molecule has 0 saturated heterocycles. The lowest BCUT2D eigenvalue weighted by atomic mass is 9.93. The smallest absolute Gasteiger partial charge is 0.311 e. The number of rotatable bonds is 7. The highest BCUT2D eigenvalue weighted by atomic mass is 16.5. The third-order valence-corrected chi connectivity index (χ3v) is 6.13. The minimum atomic E-state index is -0.874. The molecule has 1 unspecified atom stereocenters. The maximum Gasteiger partial charge on any atom is 0.311 e. The quantitative estimate of drug-likeness (QED) is 0.330. The van der Waals surface area contributed by atoms with Gasteiger partial charge in [0, 0.05) is 29.1 Å². The summed E-state index contributed by atoms with van der Waals surface area (Å²) in [5, 5.41) is 15.9. The van der Waals surface area contributed by atoms with Crippen LogP contribution in [-0.2, 0) is 11.2 Å². The maximum absolute atomic E-state index is 12.3. The molecular formula is C28H25N3O3. The van der Waals surface area contributed by atoms with Crippen molar-refractivity contribution >= 4 is 16.9 Å². The number of aromatic amines is 1. The zero-order chi connectivity index (χ0) is 23.7. The number of hydrogen-bond acceptors (Lipinski definition) is 3. The van der Waals surface area contributed by atoms with Crippen LogP contribution in [0.3, 0.4) is 0 Å². The summed E-state index contributed by atoms with van der Waals surface area (Å²) in [6.07, 6.45) is 2.07. The second-order valence-electron chi connectivity index (χ2n) is 8.38. The van der Waals surface area contributed by atoms with E-state index in [2.05, 4.69) is 36.2 Å². The van der Waals surface area contributed by atoms with Crippen molar-refractivity contribution in [3.05, 3.63) is 102 Å². The Balaban J connectivity index is 1.58. The molecule has 0 fully saturated rings. The Morgan fingerprint density at radius 3 is 2.50 bits per heavy atom. The van der Waals surface area contributed by atoms with Gasteiger partial charge in [0.25, 0.3) is 0 Å². The summed E-state index contributed by atoms with van der Waals surface area (Å²) >= 11 is 0. The summed E-state index contributed by atoms with van der Waals surface area (Å²) in [7, 11) is 1.63. The highest BCUT2D eigenvalue weighted by Crippen LogP contribution is 2.31. The summed E-state index contributed by atoms with van der Waals surface area (Å²) in [6, 6.07) is 25.7. The van der Waals surface area contributed by atoms with Gasteiger partial charge in [-0.05, 0) is 48.9 Å². The standard InChI is InChI=1S/C28H25N3O3/c1-18-7-9-19(10-8-18)27-16-20(30-31(27)21-11-13-22(34-2)14-12-21)15-24(28(32)33)25-17-29-26-6-4-3-5-23(25)26/h3-14,16-17,24,29H,15H2,1-2H3,(H,32,33). The normalized spacial score (nSPS) is 12.1. The largest absolute Gasteiger partial charge is 0.497 e. The molecule has 2 aromatic heterocycles. The first-order valence-electron chi connectivity index (χ1n) is 11.1. The first kappa shape index (κ1) is 21.5. The van der Waals surface area contributed by atoms with Gasteiger partial charge >= 0.3 is 5.97 Å². The van der Waals surface area contributed by atoms with Gasteiger partial charge in [-0.15, -0.1) is 0 Å². The number of aryl methyl sites for hydroxylation is 1. The fraction of sp³-hybridized carbons (Fsp3) is 0.143. The highest BCUT2D eigenvalue weighted by molar-refractivity contribution is 5.89. The summed E-state index contributed by atoms with van der Waals surface area (Å²) in [5.74, 6) is -0.833. The Morgan fingerprint density at radius 1 is 1.06 bits per heavy atom. The number of aromatic nitrogens is 3. The van der Waals surface area contributed by atoms with Gasteiger partial charge in [-0.25, -0.2) is 4.68 Å². The molecule has 3 aromatic carbocycles. The number of ether oxygens (including phenoxy) is 1. The lowest BCUT2D eigenvalue weighted by Crippen LogP contribution is -2.14. The van der Waals surface area contributed by atoms with E-state index in [1.807, 2.05) is 59.3 Å². The molecule has 0 bridgehead atoms. The molecule has 6 nitrogen and oxygen atoms in total. The van der Waals surface area contributed by atoms with Crippen molar-refractivity contribution in [3.63, 3.8) is 0 Å². The van der Waals surface area contributed by atoms with Crippen molar-refractivity contribution in [2.45, 2.75) is 19.3 Å². The molecule has 6 heteroatoms. The number of hydrogen-bond donors (Lipinski definition) is 2. The van der Waals surface area contributed by atoms with Gasteiger partial charge in [0.2, 0.25) is 0 Å². The van der Waals surface area contributed by atoms with Crippen molar-refractivity contribution in [2.75, 3.05) is 7.11 Å². The van der Waals surface area contributed by atoms with Crippen LogP contribution in [0.5, 0.6) is 5.75 Å². The average Bonchev–Trinajstić information content (AvgIpc) is 3.47. The molecular weight excluding hydrogens is 426 g/mol. The minimum absolute atomic E-state index is 0.277. The number of para-hydroxylation sites is 1. The molecule has 0 aliphatic heterocycles. The number of nitrogens with zero attached hydrogens (tertiary/aromatic N) is 2. The minimum Gasteiger partial charge on any atom is -0.497 e. The molecule has 0 spiro atoms. The summed E-state index contributed by atoms with van der Waals surface area (Å²) in [6.45, 7) is 2.05. The molecule has 5 rings (SSSR count). The fourth-order valence-corrected chi connectivity index (χ4v) is 4.30. The number of nitrogens with one attached hydrogen (secondary N) is 1. The Labute approximate surface area is 197 Å². The lowest BCUT2D eigenvalue weighted by molar-refractivity contribution is -0.138. The molecule has 1 atom stereocenters. The Hall–Kier alpha value is -4.32. The van der Waals surface area contributed by atoms with E-state index in [9.17, 15) is 9.90 Å². The third kappa shape index (κ3) is 4.06. The van der Waals surface area contributed by atoms with Gasteiger partial charge in [-0.2, -0.15) is 5.10 Å². The van der Waals surface area contributed by atoms with E-state index in [1.54, 1.807) is 13.3 Å². The predicted molar refractivity (Wildman–Crippen MR) is 133 cm³/mol. The molecule has 0 radical (unpaired) electrons. The Morgan fingerprint density at radius 2 is 1.79 bits per heavy atom. The van der Waals surface area contributed by atoms with Crippen LogP contribution in [0.2, 0.25) is 0 Å². The van der Waals surface area contributed by atoms with E-state index >= 15 is 0 Å². The number of benzene rings is 3. The van der Waals surface area contributed by atoms with Gasteiger partial charge < -0.3 is 14.8 Å². The van der Waals surface area contributed by atoms with Crippen LogP contribution in [0.1, 0.15) is 22.7 Å². The number of carbonyl (C=O) groups is 1. The van der Waals surface area contributed by atoms with Crippen molar-refractivity contribution in [3.8, 4) is 22.7 Å².